The fourth-order valence-electron chi connectivity index (χ4n) is 3.44. The molecular weight excluding hydrogens is 374 g/mol. The third-order valence-corrected chi connectivity index (χ3v) is 5.98. The number of nitrogens with one attached hydrogen (secondary N) is 1. The lowest BCUT2D eigenvalue weighted by molar-refractivity contribution is -0.125. The summed E-state index contributed by atoms with van der Waals surface area (Å²) in [7, 11) is 0. The molecule has 28 heavy (non-hydrogen) atoms. The standard InChI is InChI=1S/C20H23N5O2S/c1-13-5-7-15(8-6-13)11-21-18(27)16-4-3-9-24(12-16)20-23-25-17(26)10-14(2)22-19(25)28-20/h5-8,10,16H,3-4,9,11-12H2,1-2H3,(H,21,27)/t16-/m0/s1. The SMILES string of the molecule is Cc1ccc(CNC(=O)[C@H]2CCCN(c3nn4c(=O)cc(C)nc4s3)C2)cc1. The number of aromatic nitrogens is 3. The first-order valence-corrected chi connectivity index (χ1v) is 10.3. The Labute approximate surface area is 167 Å². The van der Waals surface area contributed by atoms with Crippen LogP contribution in [0.3, 0.4) is 0 Å². The first-order valence-electron chi connectivity index (χ1n) is 9.45. The maximum atomic E-state index is 12.7. The van der Waals surface area contributed by atoms with Crippen LogP contribution in [0.2, 0.25) is 0 Å². The number of aryl methyl sites for hydroxylation is 2. The number of nitrogens with zero attached hydrogens (tertiary/aromatic N) is 4. The van der Waals surface area contributed by atoms with Gasteiger partial charge in [0.1, 0.15) is 0 Å². The van der Waals surface area contributed by atoms with Crippen LogP contribution in [-0.2, 0) is 11.3 Å². The second-order valence-electron chi connectivity index (χ2n) is 7.30. The van der Waals surface area contributed by atoms with Gasteiger partial charge >= 0.3 is 0 Å². The van der Waals surface area contributed by atoms with Crippen molar-refractivity contribution in [1.29, 1.82) is 0 Å². The van der Waals surface area contributed by atoms with Crippen LogP contribution in [0.5, 0.6) is 0 Å². The molecule has 146 valence electrons. The summed E-state index contributed by atoms with van der Waals surface area (Å²) >= 11 is 1.39. The topological polar surface area (TPSA) is 79.6 Å². The molecule has 0 unspecified atom stereocenters. The smallest absolute Gasteiger partial charge is 0.275 e. The summed E-state index contributed by atoms with van der Waals surface area (Å²) in [6.45, 7) is 5.82. The van der Waals surface area contributed by atoms with Gasteiger partial charge in [-0.15, -0.1) is 5.10 Å². The molecule has 1 aromatic carbocycles. The second-order valence-corrected chi connectivity index (χ2v) is 8.24. The van der Waals surface area contributed by atoms with Crippen LogP contribution < -0.4 is 15.8 Å². The van der Waals surface area contributed by atoms with Crippen LogP contribution in [0, 0.1) is 19.8 Å². The molecule has 0 radical (unpaired) electrons. The first kappa shape index (κ1) is 18.6. The number of anilines is 1. The molecule has 1 fully saturated rings. The molecule has 0 aliphatic carbocycles. The van der Waals surface area contributed by atoms with Crippen LogP contribution in [0.25, 0.3) is 4.96 Å². The van der Waals surface area contributed by atoms with E-state index in [-0.39, 0.29) is 17.4 Å². The number of amides is 1. The van der Waals surface area contributed by atoms with Crippen LogP contribution in [-0.4, -0.2) is 33.6 Å². The van der Waals surface area contributed by atoms with E-state index in [2.05, 4.69) is 32.4 Å². The highest BCUT2D eigenvalue weighted by Gasteiger charge is 2.27. The van der Waals surface area contributed by atoms with Gasteiger partial charge in [-0.1, -0.05) is 41.2 Å². The van der Waals surface area contributed by atoms with Crippen molar-refractivity contribution >= 4 is 27.3 Å². The third-order valence-electron chi connectivity index (χ3n) is 5.01. The predicted molar refractivity (Wildman–Crippen MR) is 110 cm³/mol. The minimum atomic E-state index is -0.172. The van der Waals surface area contributed by atoms with Crippen molar-refractivity contribution in [3.63, 3.8) is 0 Å². The van der Waals surface area contributed by atoms with Crippen molar-refractivity contribution in [2.45, 2.75) is 33.2 Å². The minimum absolute atomic E-state index is 0.0672. The largest absolute Gasteiger partial charge is 0.352 e. The highest BCUT2D eigenvalue weighted by atomic mass is 32.1. The van der Waals surface area contributed by atoms with Gasteiger partial charge in [-0.05, 0) is 32.3 Å². The van der Waals surface area contributed by atoms with Gasteiger partial charge in [-0.2, -0.15) is 4.52 Å². The van der Waals surface area contributed by atoms with E-state index in [9.17, 15) is 9.59 Å². The fraction of sp³-hybridized carbons (Fsp3) is 0.400. The molecule has 0 spiro atoms. The van der Waals surface area contributed by atoms with Crippen LogP contribution in [0.15, 0.2) is 35.1 Å². The van der Waals surface area contributed by atoms with Gasteiger partial charge in [0.15, 0.2) is 0 Å². The number of hydrogen-bond donors (Lipinski definition) is 1. The van der Waals surface area contributed by atoms with Gasteiger partial charge in [0.05, 0.1) is 5.92 Å². The van der Waals surface area contributed by atoms with E-state index in [0.717, 1.165) is 30.1 Å². The molecule has 3 heterocycles. The van der Waals surface area contributed by atoms with Gasteiger partial charge in [-0.25, -0.2) is 4.98 Å². The van der Waals surface area contributed by atoms with Crippen LogP contribution in [0.1, 0.15) is 29.7 Å². The van der Waals surface area contributed by atoms with E-state index in [0.29, 0.717) is 23.7 Å². The van der Waals surface area contributed by atoms with Crippen LogP contribution in [0.4, 0.5) is 5.13 Å². The van der Waals surface area contributed by atoms with Crippen molar-refractivity contribution < 1.29 is 4.79 Å². The number of carbonyl (C=O) groups excluding carboxylic acids is 1. The molecule has 1 aliphatic heterocycles. The molecular formula is C20H23N5O2S. The molecule has 1 saturated heterocycles. The Bertz CT molecular complexity index is 1060. The summed E-state index contributed by atoms with van der Waals surface area (Å²) < 4.78 is 1.34. The maximum absolute atomic E-state index is 12.7. The molecule has 1 aliphatic rings. The van der Waals surface area contributed by atoms with Gasteiger partial charge in [0.25, 0.3) is 5.56 Å². The van der Waals surface area contributed by atoms with E-state index in [4.69, 9.17) is 0 Å². The number of carbonyl (C=O) groups is 1. The zero-order chi connectivity index (χ0) is 19.7. The van der Waals surface area contributed by atoms with E-state index < -0.39 is 0 Å². The van der Waals surface area contributed by atoms with Crippen molar-refractivity contribution in [3.05, 3.63) is 57.5 Å². The van der Waals surface area contributed by atoms with Gasteiger partial charge in [-0.3, -0.25) is 9.59 Å². The molecule has 1 atom stereocenters. The Morgan fingerprint density at radius 3 is 2.86 bits per heavy atom. The van der Waals surface area contributed by atoms with Crippen LogP contribution >= 0.6 is 11.3 Å². The molecule has 7 nitrogen and oxygen atoms in total. The summed E-state index contributed by atoms with van der Waals surface area (Å²) in [5.41, 5.74) is 2.82. The quantitative estimate of drug-likeness (QED) is 0.731. The minimum Gasteiger partial charge on any atom is -0.352 e. The summed E-state index contributed by atoms with van der Waals surface area (Å²) in [4.78, 5) is 31.8. The van der Waals surface area contributed by atoms with Gasteiger partial charge < -0.3 is 10.2 Å². The molecule has 1 amide bonds. The number of benzene rings is 1. The molecule has 3 aromatic rings. The van der Waals surface area contributed by atoms with Crippen molar-refractivity contribution in [3.8, 4) is 0 Å². The lowest BCUT2D eigenvalue weighted by Crippen LogP contribution is -2.43. The van der Waals surface area contributed by atoms with Crippen molar-refractivity contribution in [2.75, 3.05) is 18.0 Å². The summed E-state index contributed by atoms with van der Waals surface area (Å²) in [6.07, 6.45) is 1.78. The Morgan fingerprint density at radius 1 is 1.29 bits per heavy atom. The summed E-state index contributed by atoms with van der Waals surface area (Å²) in [6, 6.07) is 9.66. The normalized spacial score (nSPS) is 17.1. The maximum Gasteiger partial charge on any atom is 0.275 e. The zero-order valence-corrected chi connectivity index (χ0v) is 16.8. The predicted octanol–water partition coefficient (Wildman–Crippen LogP) is 2.30. The average molecular weight is 398 g/mol. The molecule has 0 saturated carbocycles. The second kappa shape index (κ2) is 7.71. The molecule has 0 bridgehead atoms. The van der Waals surface area contributed by atoms with Crippen molar-refractivity contribution in [1.82, 2.24) is 19.9 Å². The summed E-state index contributed by atoms with van der Waals surface area (Å²) in [5.74, 6) is -0.0184. The highest BCUT2D eigenvalue weighted by Crippen LogP contribution is 2.27. The van der Waals surface area contributed by atoms with Crippen molar-refractivity contribution in [2.24, 2.45) is 5.92 Å². The average Bonchev–Trinajstić information content (AvgIpc) is 3.12. The van der Waals surface area contributed by atoms with E-state index >= 15 is 0 Å². The Balaban J connectivity index is 1.43. The molecule has 1 N–H and O–H groups in total. The van der Waals surface area contributed by atoms with Gasteiger partial charge in [0, 0.05) is 31.4 Å². The number of piperidine rings is 1. The fourth-order valence-corrected chi connectivity index (χ4v) is 4.43. The third kappa shape index (κ3) is 3.91. The monoisotopic (exact) mass is 397 g/mol. The molecule has 8 heteroatoms. The summed E-state index contributed by atoms with van der Waals surface area (Å²) in [5, 5.41) is 8.22. The first-order chi connectivity index (χ1) is 13.5. The van der Waals surface area contributed by atoms with E-state index in [1.54, 1.807) is 6.92 Å². The lowest BCUT2D eigenvalue weighted by Gasteiger charge is -2.31. The Kier molecular flexibility index (Phi) is 5.13. The molecule has 4 rings (SSSR count). The Morgan fingerprint density at radius 2 is 2.07 bits per heavy atom. The number of fused-ring (bicyclic) bond motifs is 1. The number of hydrogen-bond acceptors (Lipinski definition) is 6. The highest BCUT2D eigenvalue weighted by molar-refractivity contribution is 7.20. The van der Waals surface area contributed by atoms with E-state index in [1.807, 2.05) is 19.1 Å². The number of rotatable bonds is 4. The molecule has 2 aromatic heterocycles. The van der Waals surface area contributed by atoms with Gasteiger partial charge in [0.2, 0.25) is 16.0 Å². The Hall–Kier alpha value is -2.74. The lowest BCUT2D eigenvalue weighted by atomic mass is 9.97. The zero-order valence-electron chi connectivity index (χ0n) is 16.0. The van der Waals surface area contributed by atoms with E-state index in [1.165, 1.54) is 27.5 Å².